The number of hydrogen-bond donors (Lipinski definition) is 1. The van der Waals surface area contributed by atoms with E-state index >= 15 is 0 Å². The molecule has 104 valence electrons. The van der Waals surface area contributed by atoms with Gasteiger partial charge in [0.2, 0.25) is 5.95 Å². The van der Waals surface area contributed by atoms with Crippen LogP contribution in [0.25, 0.3) is 0 Å². The second kappa shape index (κ2) is 6.50. The predicted octanol–water partition coefficient (Wildman–Crippen LogP) is 2.17. The largest absolute Gasteiger partial charge is 0.354 e. The number of likely N-dealkylation sites (tertiary alicyclic amines) is 1. The van der Waals surface area contributed by atoms with Crippen molar-refractivity contribution in [2.45, 2.75) is 33.1 Å². The molecule has 5 heteroatoms. The molecular formula is C14H22N4O. The van der Waals surface area contributed by atoms with Crippen molar-refractivity contribution in [3.8, 4) is 0 Å². The molecule has 0 aliphatic carbocycles. The summed E-state index contributed by atoms with van der Waals surface area (Å²) in [5.74, 6) is 1.30. The number of rotatable bonds is 5. The summed E-state index contributed by atoms with van der Waals surface area (Å²) in [4.78, 5) is 22.3. The van der Waals surface area contributed by atoms with Crippen LogP contribution in [-0.4, -0.2) is 40.4 Å². The number of anilines is 1. The second-order valence-corrected chi connectivity index (χ2v) is 5.40. The molecule has 0 atom stereocenters. The van der Waals surface area contributed by atoms with Crippen molar-refractivity contribution in [2.75, 3.05) is 25.0 Å². The number of carbonyl (C=O) groups is 1. The van der Waals surface area contributed by atoms with Crippen LogP contribution in [0.3, 0.4) is 0 Å². The SMILES string of the molecule is CC(C)CCNc1ncc(C(=O)N2CCCC2)cn1. The van der Waals surface area contributed by atoms with E-state index in [1.807, 2.05) is 4.90 Å². The quantitative estimate of drug-likeness (QED) is 0.883. The number of nitrogens with one attached hydrogen (secondary N) is 1. The molecule has 1 aliphatic heterocycles. The van der Waals surface area contributed by atoms with Crippen LogP contribution < -0.4 is 5.32 Å². The van der Waals surface area contributed by atoms with Crippen molar-refractivity contribution < 1.29 is 4.79 Å². The average molecular weight is 262 g/mol. The number of aromatic nitrogens is 2. The summed E-state index contributed by atoms with van der Waals surface area (Å²) in [5, 5.41) is 3.16. The Labute approximate surface area is 114 Å². The zero-order valence-corrected chi connectivity index (χ0v) is 11.7. The first-order valence-corrected chi connectivity index (χ1v) is 7.02. The lowest BCUT2D eigenvalue weighted by molar-refractivity contribution is 0.0792. The molecule has 0 saturated carbocycles. The Balaban J connectivity index is 1.88. The van der Waals surface area contributed by atoms with Crippen LogP contribution in [-0.2, 0) is 0 Å². The Bertz CT molecular complexity index is 410. The van der Waals surface area contributed by atoms with Crippen LogP contribution >= 0.6 is 0 Å². The van der Waals surface area contributed by atoms with Gasteiger partial charge in [-0.3, -0.25) is 4.79 Å². The molecule has 2 heterocycles. The van der Waals surface area contributed by atoms with Gasteiger partial charge in [0.1, 0.15) is 0 Å². The molecule has 0 aromatic carbocycles. The van der Waals surface area contributed by atoms with Gasteiger partial charge in [-0.15, -0.1) is 0 Å². The lowest BCUT2D eigenvalue weighted by atomic mass is 10.1. The lowest BCUT2D eigenvalue weighted by Gasteiger charge is -2.14. The molecule has 1 fully saturated rings. The normalized spacial score (nSPS) is 15.0. The third kappa shape index (κ3) is 3.91. The van der Waals surface area contributed by atoms with Crippen LogP contribution in [0.4, 0.5) is 5.95 Å². The molecule has 5 nitrogen and oxygen atoms in total. The third-order valence-electron chi connectivity index (χ3n) is 3.30. The van der Waals surface area contributed by atoms with E-state index in [4.69, 9.17) is 0 Å². The van der Waals surface area contributed by atoms with Crippen molar-refractivity contribution in [1.82, 2.24) is 14.9 Å². The first-order chi connectivity index (χ1) is 9.16. The lowest BCUT2D eigenvalue weighted by Crippen LogP contribution is -2.27. The molecule has 1 N–H and O–H groups in total. The van der Waals surface area contributed by atoms with Crippen LogP contribution in [0.2, 0.25) is 0 Å². The second-order valence-electron chi connectivity index (χ2n) is 5.40. The monoisotopic (exact) mass is 262 g/mol. The maximum absolute atomic E-state index is 12.1. The van der Waals surface area contributed by atoms with Crippen molar-refractivity contribution >= 4 is 11.9 Å². The Hall–Kier alpha value is -1.65. The fourth-order valence-corrected chi connectivity index (χ4v) is 2.11. The van der Waals surface area contributed by atoms with Crippen LogP contribution in [0.5, 0.6) is 0 Å². The van der Waals surface area contributed by atoms with Crippen LogP contribution in [0.15, 0.2) is 12.4 Å². The Morgan fingerprint density at radius 3 is 2.53 bits per heavy atom. The predicted molar refractivity (Wildman–Crippen MR) is 75.1 cm³/mol. The molecule has 0 radical (unpaired) electrons. The van der Waals surface area contributed by atoms with Gasteiger partial charge < -0.3 is 10.2 Å². The maximum atomic E-state index is 12.1. The van der Waals surface area contributed by atoms with Gasteiger partial charge >= 0.3 is 0 Å². The van der Waals surface area contributed by atoms with E-state index in [1.165, 1.54) is 0 Å². The minimum atomic E-state index is 0.0474. The fourth-order valence-electron chi connectivity index (χ4n) is 2.11. The summed E-state index contributed by atoms with van der Waals surface area (Å²) >= 11 is 0. The van der Waals surface area contributed by atoms with Crippen molar-refractivity contribution in [3.63, 3.8) is 0 Å². The van der Waals surface area contributed by atoms with E-state index in [-0.39, 0.29) is 5.91 Å². The van der Waals surface area contributed by atoms with Crippen LogP contribution in [0.1, 0.15) is 43.5 Å². The summed E-state index contributed by atoms with van der Waals surface area (Å²) < 4.78 is 0. The molecule has 1 aliphatic rings. The van der Waals surface area contributed by atoms with Gasteiger partial charge in [0, 0.05) is 32.0 Å². The first-order valence-electron chi connectivity index (χ1n) is 7.02. The standard InChI is InChI=1S/C14H22N4O/c1-11(2)5-6-15-14-16-9-12(10-17-14)13(19)18-7-3-4-8-18/h9-11H,3-8H2,1-2H3,(H,15,16,17). The maximum Gasteiger partial charge on any atom is 0.256 e. The van der Waals surface area contributed by atoms with Gasteiger partial charge in [0.15, 0.2) is 0 Å². The van der Waals surface area contributed by atoms with E-state index in [0.717, 1.165) is 38.9 Å². The van der Waals surface area contributed by atoms with Gasteiger partial charge in [0.05, 0.1) is 5.56 Å². The zero-order chi connectivity index (χ0) is 13.7. The molecule has 2 rings (SSSR count). The minimum Gasteiger partial charge on any atom is -0.354 e. The van der Waals surface area contributed by atoms with Gasteiger partial charge in [-0.1, -0.05) is 13.8 Å². The summed E-state index contributed by atoms with van der Waals surface area (Å²) in [6.45, 7) is 6.93. The number of hydrogen-bond acceptors (Lipinski definition) is 4. The minimum absolute atomic E-state index is 0.0474. The Kier molecular flexibility index (Phi) is 4.71. The zero-order valence-electron chi connectivity index (χ0n) is 11.7. The fraction of sp³-hybridized carbons (Fsp3) is 0.643. The van der Waals surface area contributed by atoms with Gasteiger partial charge in [0.25, 0.3) is 5.91 Å². The Morgan fingerprint density at radius 2 is 1.95 bits per heavy atom. The van der Waals surface area contributed by atoms with E-state index in [0.29, 0.717) is 17.4 Å². The summed E-state index contributed by atoms with van der Waals surface area (Å²) in [6, 6.07) is 0. The molecule has 1 aromatic rings. The molecule has 0 spiro atoms. The number of nitrogens with zero attached hydrogens (tertiary/aromatic N) is 3. The van der Waals surface area contributed by atoms with Crippen LogP contribution in [0, 0.1) is 5.92 Å². The molecular weight excluding hydrogens is 240 g/mol. The molecule has 1 saturated heterocycles. The first kappa shape index (κ1) is 13.8. The van der Waals surface area contributed by atoms with Gasteiger partial charge in [-0.2, -0.15) is 0 Å². The molecule has 1 aromatic heterocycles. The number of amides is 1. The van der Waals surface area contributed by atoms with E-state index in [1.54, 1.807) is 12.4 Å². The number of carbonyl (C=O) groups excluding carboxylic acids is 1. The smallest absolute Gasteiger partial charge is 0.256 e. The van der Waals surface area contributed by atoms with E-state index < -0.39 is 0 Å². The van der Waals surface area contributed by atoms with E-state index in [2.05, 4.69) is 29.1 Å². The van der Waals surface area contributed by atoms with E-state index in [9.17, 15) is 4.79 Å². The summed E-state index contributed by atoms with van der Waals surface area (Å²) in [7, 11) is 0. The molecule has 19 heavy (non-hydrogen) atoms. The van der Waals surface area contributed by atoms with Crippen molar-refractivity contribution in [3.05, 3.63) is 18.0 Å². The van der Waals surface area contributed by atoms with Gasteiger partial charge in [-0.25, -0.2) is 9.97 Å². The van der Waals surface area contributed by atoms with Gasteiger partial charge in [-0.05, 0) is 25.2 Å². The highest BCUT2D eigenvalue weighted by Crippen LogP contribution is 2.12. The summed E-state index contributed by atoms with van der Waals surface area (Å²) in [5.41, 5.74) is 0.580. The topological polar surface area (TPSA) is 58.1 Å². The molecule has 0 bridgehead atoms. The molecule has 1 amide bonds. The van der Waals surface area contributed by atoms with Crippen molar-refractivity contribution in [1.29, 1.82) is 0 Å². The summed E-state index contributed by atoms with van der Waals surface area (Å²) in [6.07, 6.45) is 6.51. The highest BCUT2D eigenvalue weighted by Gasteiger charge is 2.19. The average Bonchev–Trinajstić information content (AvgIpc) is 2.92. The highest BCUT2D eigenvalue weighted by molar-refractivity contribution is 5.93. The molecule has 0 unspecified atom stereocenters. The highest BCUT2D eigenvalue weighted by atomic mass is 16.2. The Morgan fingerprint density at radius 1 is 1.32 bits per heavy atom. The van der Waals surface area contributed by atoms with Crippen molar-refractivity contribution in [2.24, 2.45) is 5.92 Å². The third-order valence-corrected chi connectivity index (χ3v) is 3.30.